The van der Waals surface area contributed by atoms with E-state index in [2.05, 4.69) is 18.8 Å². The lowest BCUT2D eigenvalue weighted by Gasteiger charge is -2.26. The number of carbonyl (C=O) groups is 1. The Hall–Kier alpha value is -1.58. The second kappa shape index (κ2) is 5.59. The molecule has 2 N–H and O–H groups in total. The van der Waals surface area contributed by atoms with Crippen LogP contribution in [0.4, 0.5) is 5.69 Å². The fourth-order valence-electron chi connectivity index (χ4n) is 2.78. The Labute approximate surface area is 115 Å². The fraction of sp³-hybridized carbons (Fsp3) is 0.600. The maximum absolute atomic E-state index is 12.3. The van der Waals surface area contributed by atoms with Crippen molar-refractivity contribution in [2.45, 2.75) is 39.5 Å². The van der Waals surface area contributed by atoms with E-state index < -0.39 is 0 Å². The van der Waals surface area contributed by atoms with Crippen LogP contribution in [0.2, 0.25) is 0 Å². The molecule has 0 aliphatic carbocycles. The fourth-order valence-corrected chi connectivity index (χ4v) is 2.78. The number of anilines is 1. The van der Waals surface area contributed by atoms with Gasteiger partial charge < -0.3 is 10.6 Å². The van der Waals surface area contributed by atoms with E-state index in [9.17, 15) is 4.79 Å². The monoisotopic (exact) mass is 261 g/mol. The minimum Gasteiger partial charge on any atom is -0.397 e. The van der Waals surface area contributed by atoms with Crippen molar-refractivity contribution < 1.29 is 4.79 Å². The molecule has 2 rings (SSSR count). The molecule has 1 aromatic rings. The van der Waals surface area contributed by atoms with E-state index in [1.165, 1.54) is 0 Å². The Bertz CT molecular complexity index is 437. The number of carbonyl (C=O) groups excluding carboxylic acids is 1. The minimum absolute atomic E-state index is 0.182. The Balaban J connectivity index is 1.96. The third-order valence-electron chi connectivity index (χ3n) is 4.47. The average Bonchev–Trinajstić information content (AvgIpc) is 2.87. The van der Waals surface area contributed by atoms with E-state index in [0.29, 0.717) is 17.5 Å². The molecule has 0 aromatic carbocycles. The van der Waals surface area contributed by atoms with Gasteiger partial charge in [-0.1, -0.05) is 13.8 Å². The third kappa shape index (κ3) is 3.06. The topological polar surface area (TPSA) is 59.2 Å². The largest absolute Gasteiger partial charge is 0.397 e. The highest BCUT2D eigenvalue weighted by molar-refractivity contribution is 5.78. The molecule has 1 aliphatic rings. The number of nitrogens with two attached hydrogens (primary N) is 1. The molecule has 4 heteroatoms. The molecule has 0 saturated carbocycles. The van der Waals surface area contributed by atoms with Gasteiger partial charge in [-0.15, -0.1) is 0 Å². The van der Waals surface area contributed by atoms with Gasteiger partial charge in [0.1, 0.15) is 0 Å². The van der Waals surface area contributed by atoms with Gasteiger partial charge in [0.15, 0.2) is 0 Å². The molecule has 0 bridgehead atoms. The first-order chi connectivity index (χ1) is 9.08. The quantitative estimate of drug-likeness (QED) is 0.904. The van der Waals surface area contributed by atoms with Gasteiger partial charge in [0, 0.05) is 18.8 Å². The Morgan fingerprint density at radius 1 is 1.42 bits per heavy atom. The predicted octanol–water partition coefficient (Wildman–Crippen LogP) is 2.25. The van der Waals surface area contributed by atoms with Crippen molar-refractivity contribution in [3.05, 3.63) is 24.0 Å². The summed E-state index contributed by atoms with van der Waals surface area (Å²) in [6.07, 6.45) is 5.40. The lowest BCUT2D eigenvalue weighted by Crippen LogP contribution is -2.33. The lowest BCUT2D eigenvalue weighted by atomic mass is 9.82. The van der Waals surface area contributed by atoms with Gasteiger partial charge in [0.05, 0.1) is 18.3 Å². The van der Waals surface area contributed by atoms with Gasteiger partial charge >= 0.3 is 0 Å². The van der Waals surface area contributed by atoms with Crippen molar-refractivity contribution in [2.24, 2.45) is 5.41 Å². The molecular weight excluding hydrogens is 238 g/mol. The number of likely N-dealkylation sites (tertiary alicyclic amines) is 1. The first-order valence-corrected chi connectivity index (χ1v) is 7.07. The minimum atomic E-state index is 0.182. The average molecular weight is 261 g/mol. The molecule has 19 heavy (non-hydrogen) atoms. The van der Waals surface area contributed by atoms with E-state index in [-0.39, 0.29) is 5.91 Å². The zero-order valence-corrected chi connectivity index (χ0v) is 11.9. The van der Waals surface area contributed by atoms with Gasteiger partial charge in [-0.3, -0.25) is 9.78 Å². The number of hydrogen-bond acceptors (Lipinski definition) is 3. The number of aromatic nitrogens is 1. The van der Waals surface area contributed by atoms with Crippen molar-refractivity contribution in [3.8, 4) is 0 Å². The predicted molar refractivity (Wildman–Crippen MR) is 76.6 cm³/mol. The van der Waals surface area contributed by atoms with Crippen LogP contribution < -0.4 is 5.73 Å². The molecule has 1 aromatic heterocycles. The van der Waals surface area contributed by atoms with E-state index in [4.69, 9.17) is 5.73 Å². The summed E-state index contributed by atoms with van der Waals surface area (Å²) in [6.45, 7) is 6.22. The third-order valence-corrected chi connectivity index (χ3v) is 4.47. The highest BCUT2D eigenvalue weighted by Gasteiger charge is 2.36. The van der Waals surface area contributed by atoms with Gasteiger partial charge in [-0.05, 0) is 36.8 Å². The summed E-state index contributed by atoms with van der Waals surface area (Å²) in [4.78, 5) is 18.5. The summed E-state index contributed by atoms with van der Waals surface area (Å²) in [5.41, 5.74) is 7.36. The number of nitrogen functional groups attached to an aromatic ring is 1. The van der Waals surface area contributed by atoms with E-state index in [0.717, 1.165) is 38.0 Å². The normalized spacial score (nSPS) is 17.7. The van der Waals surface area contributed by atoms with Crippen LogP contribution in [0.5, 0.6) is 0 Å². The summed E-state index contributed by atoms with van der Waals surface area (Å²) in [6, 6.07) is 3.62. The molecular formula is C15H23N3O. The standard InChI is InChI=1S/C15H23N3O/c1-3-15(4-2)7-8-18(11-15)14(19)9-13-6-5-12(16)10-17-13/h5-6,10H,3-4,7-9,11,16H2,1-2H3. The molecule has 1 fully saturated rings. The number of hydrogen-bond donors (Lipinski definition) is 1. The molecule has 0 radical (unpaired) electrons. The number of nitrogens with zero attached hydrogens (tertiary/aromatic N) is 2. The van der Waals surface area contributed by atoms with Crippen molar-refractivity contribution in [2.75, 3.05) is 18.8 Å². The van der Waals surface area contributed by atoms with Crippen LogP contribution in [0.25, 0.3) is 0 Å². The van der Waals surface area contributed by atoms with Crippen LogP contribution in [0.3, 0.4) is 0 Å². The highest BCUT2D eigenvalue weighted by atomic mass is 16.2. The SMILES string of the molecule is CCC1(CC)CCN(C(=O)Cc2ccc(N)cn2)C1. The first kappa shape index (κ1) is 13.8. The van der Waals surface area contributed by atoms with Gasteiger partial charge in [0.25, 0.3) is 0 Å². The molecule has 104 valence electrons. The van der Waals surface area contributed by atoms with Crippen molar-refractivity contribution in [1.82, 2.24) is 9.88 Å². The van der Waals surface area contributed by atoms with E-state index >= 15 is 0 Å². The second-order valence-electron chi connectivity index (χ2n) is 5.53. The molecule has 4 nitrogen and oxygen atoms in total. The van der Waals surface area contributed by atoms with Crippen LogP contribution in [-0.2, 0) is 11.2 Å². The summed E-state index contributed by atoms with van der Waals surface area (Å²) >= 11 is 0. The van der Waals surface area contributed by atoms with Gasteiger partial charge in [-0.25, -0.2) is 0 Å². The molecule has 1 aliphatic heterocycles. The smallest absolute Gasteiger partial charge is 0.228 e. The summed E-state index contributed by atoms with van der Waals surface area (Å²) in [5.74, 6) is 0.182. The van der Waals surface area contributed by atoms with Crippen molar-refractivity contribution in [3.63, 3.8) is 0 Å². The van der Waals surface area contributed by atoms with Gasteiger partial charge in [0.2, 0.25) is 5.91 Å². The van der Waals surface area contributed by atoms with E-state index in [1.54, 1.807) is 12.3 Å². The molecule has 0 spiro atoms. The van der Waals surface area contributed by atoms with E-state index in [1.807, 2.05) is 11.0 Å². The van der Waals surface area contributed by atoms with Crippen LogP contribution in [0.15, 0.2) is 18.3 Å². The number of rotatable bonds is 4. The number of pyridine rings is 1. The second-order valence-corrected chi connectivity index (χ2v) is 5.53. The van der Waals surface area contributed by atoms with Gasteiger partial charge in [-0.2, -0.15) is 0 Å². The molecule has 1 amide bonds. The molecule has 1 saturated heterocycles. The summed E-state index contributed by atoms with van der Waals surface area (Å²) in [5, 5.41) is 0. The zero-order chi connectivity index (χ0) is 13.9. The van der Waals surface area contributed by atoms with Crippen molar-refractivity contribution >= 4 is 11.6 Å². The lowest BCUT2D eigenvalue weighted by molar-refractivity contribution is -0.129. The molecule has 0 atom stereocenters. The highest BCUT2D eigenvalue weighted by Crippen LogP contribution is 2.37. The Morgan fingerprint density at radius 3 is 2.68 bits per heavy atom. The maximum Gasteiger partial charge on any atom is 0.228 e. The molecule has 2 heterocycles. The van der Waals surface area contributed by atoms with Crippen LogP contribution in [-0.4, -0.2) is 28.9 Å². The van der Waals surface area contributed by atoms with Crippen molar-refractivity contribution in [1.29, 1.82) is 0 Å². The van der Waals surface area contributed by atoms with Crippen LogP contribution in [0, 0.1) is 5.41 Å². The van der Waals surface area contributed by atoms with Crippen LogP contribution >= 0.6 is 0 Å². The first-order valence-electron chi connectivity index (χ1n) is 7.07. The Morgan fingerprint density at radius 2 is 2.16 bits per heavy atom. The Kier molecular flexibility index (Phi) is 4.08. The van der Waals surface area contributed by atoms with Crippen LogP contribution in [0.1, 0.15) is 38.8 Å². The maximum atomic E-state index is 12.3. The summed E-state index contributed by atoms with van der Waals surface area (Å²) < 4.78 is 0. The zero-order valence-electron chi connectivity index (χ0n) is 11.9. The summed E-state index contributed by atoms with van der Waals surface area (Å²) in [7, 11) is 0. The molecule has 0 unspecified atom stereocenters. The number of amides is 1.